The zero-order valence-electron chi connectivity index (χ0n) is 10.4. The lowest BCUT2D eigenvalue weighted by Crippen LogP contribution is -2.29. The van der Waals surface area contributed by atoms with Crippen molar-refractivity contribution in [3.63, 3.8) is 0 Å². The molecule has 1 heterocycles. The van der Waals surface area contributed by atoms with Crippen molar-refractivity contribution in [2.45, 2.75) is 20.4 Å². The molecule has 1 unspecified atom stereocenters. The molecule has 0 saturated carbocycles. The third-order valence-corrected chi connectivity index (χ3v) is 3.32. The summed E-state index contributed by atoms with van der Waals surface area (Å²) in [5.41, 5.74) is 2.88. The minimum Gasteiger partial charge on any atom is -0.315 e. The molecule has 1 aliphatic rings. The molecule has 1 saturated heterocycles. The Hall–Kier alpha value is -0.860. The van der Waals surface area contributed by atoms with E-state index in [9.17, 15) is 0 Å². The normalized spacial score (nSPS) is 23.0. The molecule has 0 radical (unpaired) electrons. The zero-order valence-corrected chi connectivity index (χ0v) is 10.4. The number of benzene rings is 1. The fourth-order valence-corrected chi connectivity index (χ4v) is 2.35. The van der Waals surface area contributed by atoms with Gasteiger partial charge in [-0.05, 0) is 30.5 Å². The molecule has 2 heteroatoms. The van der Waals surface area contributed by atoms with Crippen molar-refractivity contribution in [3.8, 4) is 0 Å². The summed E-state index contributed by atoms with van der Waals surface area (Å²) < 4.78 is 0. The molecule has 16 heavy (non-hydrogen) atoms. The summed E-state index contributed by atoms with van der Waals surface area (Å²) in [6, 6.07) is 8.71. The Bertz CT molecular complexity index is 335. The summed E-state index contributed by atoms with van der Waals surface area (Å²) in [7, 11) is 0. The third kappa shape index (κ3) is 3.06. The van der Waals surface area contributed by atoms with Gasteiger partial charge >= 0.3 is 0 Å². The van der Waals surface area contributed by atoms with Crippen molar-refractivity contribution in [1.82, 2.24) is 10.2 Å². The minimum atomic E-state index is 0.756. The van der Waals surface area contributed by atoms with E-state index < -0.39 is 0 Å². The molecule has 0 spiro atoms. The molecular formula is C14H22N2. The van der Waals surface area contributed by atoms with Crippen molar-refractivity contribution in [1.29, 1.82) is 0 Å². The molecule has 1 aliphatic heterocycles. The van der Waals surface area contributed by atoms with Crippen molar-refractivity contribution in [2.75, 3.05) is 26.2 Å². The largest absolute Gasteiger partial charge is 0.315 e. The Labute approximate surface area is 98.7 Å². The molecule has 1 fully saturated rings. The SMILES string of the molecule is Cc1ccccc1CN1CCNCC(C)C1. The van der Waals surface area contributed by atoms with E-state index in [0.29, 0.717) is 0 Å². The molecule has 1 N–H and O–H groups in total. The van der Waals surface area contributed by atoms with Gasteiger partial charge in [0.1, 0.15) is 0 Å². The smallest absolute Gasteiger partial charge is 0.0237 e. The maximum absolute atomic E-state index is 3.49. The zero-order chi connectivity index (χ0) is 11.4. The Morgan fingerprint density at radius 3 is 3.00 bits per heavy atom. The average molecular weight is 218 g/mol. The summed E-state index contributed by atoms with van der Waals surface area (Å²) in [4.78, 5) is 2.56. The van der Waals surface area contributed by atoms with Crippen molar-refractivity contribution in [2.24, 2.45) is 5.92 Å². The van der Waals surface area contributed by atoms with Gasteiger partial charge in [-0.2, -0.15) is 0 Å². The van der Waals surface area contributed by atoms with Crippen LogP contribution in [-0.4, -0.2) is 31.1 Å². The van der Waals surface area contributed by atoms with Crippen molar-refractivity contribution < 1.29 is 0 Å². The first-order valence-electron chi connectivity index (χ1n) is 6.23. The van der Waals surface area contributed by atoms with Crippen LogP contribution in [0.4, 0.5) is 0 Å². The highest BCUT2D eigenvalue weighted by Crippen LogP contribution is 2.12. The number of nitrogens with one attached hydrogen (secondary N) is 1. The predicted molar refractivity (Wildman–Crippen MR) is 68.5 cm³/mol. The van der Waals surface area contributed by atoms with Gasteiger partial charge in [0, 0.05) is 26.2 Å². The van der Waals surface area contributed by atoms with Crippen molar-refractivity contribution >= 4 is 0 Å². The number of aryl methyl sites for hydroxylation is 1. The molecule has 0 aliphatic carbocycles. The first-order valence-corrected chi connectivity index (χ1v) is 6.23. The summed E-state index contributed by atoms with van der Waals surface area (Å²) in [6.45, 7) is 10.3. The number of nitrogens with zero attached hydrogens (tertiary/aromatic N) is 1. The lowest BCUT2D eigenvalue weighted by molar-refractivity contribution is 0.256. The molecule has 0 bridgehead atoms. The van der Waals surface area contributed by atoms with E-state index in [2.05, 4.69) is 48.3 Å². The van der Waals surface area contributed by atoms with Gasteiger partial charge in [-0.3, -0.25) is 4.90 Å². The van der Waals surface area contributed by atoms with Crippen LogP contribution in [-0.2, 0) is 6.54 Å². The van der Waals surface area contributed by atoms with Crippen LogP contribution in [0.15, 0.2) is 24.3 Å². The van der Waals surface area contributed by atoms with E-state index in [-0.39, 0.29) is 0 Å². The number of hydrogen-bond acceptors (Lipinski definition) is 2. The van der Waals surface area contributed by atoms with Crippen LogP contribution in [0.1, 0.15) is 18.1 Å². The second-order valence-corrected chi connectivity index (χ2v) is 4.97. The summed E-state index contributed by atoms with van der Waals surface area (Å²) in [5, 5.41) is 3.49. The summed E-state index contributed by atoms with van der Waals surface area (Å²) >= 11 is 0. The van der Waals surface area contributed by atoms with Crippen LogP contribution in [0.3, 0.4) is 0 Å². The van der Waals surface area contributed by atoms with Gasteiger partial charge in [0.2, 0.25) is 0 Å². The molecule has 0 aromatic heterocycles. The molecule has 1 aromatic carbocycles. The van der Waals surface area contributed by atoms with Crippen LogP contribution in [0.5, 0.6) is 0 Å². The standard InChI is InChI=1S/C14H22N2/c1-12-9-15-7-8-16(10-12)11-14-6-4-3-5-13(14)2/h3-6,12,15H,7-11H2,1-2H3. The van der Waals surface area contributed by atoms with E-state index in [4.69, 9.17) is 0 Å². The molecule has 1 aromatic rings. The van der Waals surface area contributed by atoms with Crippen LogP contribution in [0.2, 0.25) is 0 Å². The fraction of sp³-hybridized carbons (Fsp3) is 0.571. The fourth-order valence-electron chi connectivity index (χ4n) is 2.35. The Morgan fingerprint density at radius 2 is 2.19 bits per heavy atom. The lowest BCUT2D eigenvalue weighted by atomic mass is 10.1. The topological polar surface area (TPSA) is 15.3 Å². The second kappa shape index (κ2) is 5.46. The first kappa shape index (κ1) is 11.6. The molecule has 1 atom stereocenters. The van der Waals surface area contributed by atoms with Crippen LogP contribution >= 0.6 is 0 Å². The molecule has 2 nitrogen and oxygen atoms in total. The van der Waals surface area contributed by atoms with Crippen LogP contribution < -0.4 is 5.32 Å². The first-order chi connectivity index (χ1) is 7.75. The van der Waals surface area contributed by atoms with Gasteiger partial charge in [0.15, 0.2) is 0 Å². The maximum atomic E-state index is 3.49. The summed E-state index contributed by atoms with van der Waals surface area (Å²) in [6.07, 6.45) is 0. The van der Waals surface area contributed by atoms with Gasteiger partial charge < -0.3 is 5.32 Å². The molecule has 2 rings (SSSR count). The van der Waals surface area contributed by atoms with E-state index in [1.807, 2.05) is 0 Å². The van der Waals surface area contributed by atoms with Gasteiger partial charge in [-0.1, -0.05) is 31.2 Å². The van der Waals surface area contributed by atoms with Gasteiger partial charge in [-0.25, -0.2) is 0 Å². The van der Waals surface area contributed by atoms with E-state index in [0.717, 1.165) is 25.6 Å². The van der Waals surface area contributed by atoms with E-state index in [1.165, 1.54) is 24.2 Å². The molecule has 0 amide bonds. The maximum Gasteiger partial charge on any atom is 0.0237 e. The highest BCUT2D eigenvalue weighted by Gasteiger charge is 2.14. The number of rotatable bonds is 2. The van der Waals surface area contributed by atoms with Gasteiger partial charge in [0.25, 0.3) is 0 Å². The van der Waals surface area contributed by atoms with Crippen LogP contribution in [0.25, 0.3) is 0 Å². The van der Waals surface area contributed by atoms with E-state index in [1.54, 1.807) is 0 Å². The second-order valence-electron chi connectivity index (χ2n) is 4.97. The molecular weight excluding hydrogens is 196 g/mol. The quantitative estimate of drug-likeness (QED) is 0.817. The Kier molecular flexibility index (Phi) is 3.97. The highest BCUT2D eigenvalue weighted by molar-refractivity contribution is 5.25. The van der Waals surface area contributed by atoms with Gasteiger partial charge in [0.05, 0.1) is 0 Å². The predicted octanol–water partition coefficient (Wildman–Crippen LogP) is 2.04. The lowest BCUT2D eigenvalue weighted by Gasteiger charge is -2.22. The van der Waals surface area contributed by atoms with Crippen LogP contribution in [0, 0.1) is 12.8 Å². The minimum absolute atomic E-state index is 0.756. The monoisotopic (exact) mass is 218 g/mol. The third-order valence-electron chi connectivity index (χ3n) is 3.32. The average Bonchev–Trinajstić information content (AvgIpc) is 2.46. The van der Waals surface area contributed by atoms with Gasteiger partial charge in [-0.15, -0.1) is 0 Å². The Balaban J connectivity index is 2.00. The van der Waals surface area contributed by atoms with Crippen molar-refractivity contribution in [3.05, 3.63) is 35.4 Å². The Morgan fingerprint density at radius 1 is 1.38 bits per heavy atom. The summed E-state index contributed by atoms with van der Waals surface area (Å²) in [5.74, 6) is 0.756. The molecule has 88 valence electrons. The number of hydrogen-bond donors (Lipinski definition) is 1. The highest BCUT2D eigenvalue weighted by atomic mass is 15.2. The van der Waals surface area contributed by atoms with E-state index >= 15 is 0 Å².